The number of phenolic OH excluding ortho intramolecular Hbond substituents is 1. The number of rotatable bonds is 5. The minimum absolute atomic E-state index is 0.0830. The number of hydrogen-bond acceptors (Lipinski definition) is 8. The highest BCUT2D eigenvalue weighted by Crippen LogP contribution is 2.54. The van der Waals surface area contributed by atoms with E-state index in [0.717, 1.165) is 23.2 Å². The lowest BCUT2D eigenvalue weighted by Crippen LogP contribution is -2.58. The number of aromatic hydroxyl groups is 1. The molecule has 1 fully saturated rings. The van der Waals surface area contributed by atoms with E-state index < -0.39 is 52.0 Å². The highest BCUT2D eigenvalue weighted by atomic mass is 16.3. The van der Waals surface area contributed by atoms with Gasteiger partial charge in [0, 0.05) is 43.3 Å². The number of primary amides is 1. The lowest BCUT2D eigenvalue weighted by atomic mass is 9.59. The van der Waals surface area contributed by atoms with Gasteiger partial charge in [-0.1, -0.05) is 38.1 Å². The van der Waals surface area contributed by atoms with Crippen molar-refractivity contribution < 1.29 is 34.8 Å². The van der Waals surface area contributed by atoms with Crippen LogP contribution in [0.25, 0.3) is 16.9 Å². The lowest BCUT2D eigenvalue weighted by Gasteiger charge is -2.46. The first-order valence-electron chi connectivity index (χ1n) is 13.4. The van der Waals surface area contributed by atoms with Crippen molar-refractivity contribution in [3.05, 3.63) is 63.9 Å². The minimum Gasteiger partial charge on any atom is -0.508 e. The Hall–Kier alpha value is -4.11. The summed E-state index contributed by atoms with van der Waals surface area (Å²) in [7, 11) is 3.69. The van der Waals surface area contributed by atoms with Gasteiger partial charge >= 0.3 is 0 Å². The van der Waals surface area contributed by atoms with Gasteiger partial charge in [0.25, 0.3) is 5.91 Å². The Morgan fingerprint density at radius 2 is 1.75 bits per heavy atom. The second-order valence-corrected chi connectivity index (χ2v) is 11.7. The zero-order valence-electron chi connectivity index (χ0n) is 23.0. The van der Waals surface area contributed by atoms with Gasteiger partial charge in [0.15, 0.2) is 11.4 Å². The summed E-state index contributed by atoms with van der Waals surface area (Å²) in [6.45, 7) is 4.27. The summed E-state index contributed by atoms with van der Waals surface area (Å²) in [4.78, 5) is 40.1. The fraction of sp³-hybridized carbons (Fsp3) is 0.387. The number of carbonyl (C=O) groups is 3. The molecule has 5 rings (SSSR count). The molecule has 0 aliphatic heterocycles. The van der Waals surface area contributed by atoms with E-state index in [9.17, 15) is 34.8 Å². The van der Waals surface area contributed by atoms with Crippen LogP contribution in [0.5, 0.6) is 5.75 Å². The summed E-state index contributed by atoms with van der Waals surface area (Å²) >= 11 is 0. The van der Waals surface area contributed by atoms with Gasteiger partial charge in [0.05, 0.1) is 5.56 Å². The molecule has 0 bridgehead atoms. The molecule has 0 radical (unpaired) electrons. The molecule has 3 atom stereocenters. The van der Waals surface area contributed by atoms with Gasteiger partial charge in [-0.05, 0) is 53.9 Å². The number of ketones is 2. The Kier molecular flexibility index (Phi) is 6.53. The van der Waals surface area contributed by atoms with Crippen molar-refractivity contribution in [3.63, 3.8) is 0 Å². The lowest BCUT2D eigenvalue weighted by molar-refractivity contribution is -0.147. The maximum Gasteiger partial charge on any atom is 0.255 e. The molecular formula is C31H34N2O7. The second-order valence-electron chi connectivity index (χ2n) is 11.7. The Morgan fingerprint density at radius 1 is 1.10 bits per heavy atom. The first-order valence-corrected chi connectivity index (χ1v) is 13.4. The van der Waals surface area contributed by atoms with Gasteiger partial charge in [-0.3, -0.25) is 14.4 Å². The maximum absolute atomic E-state index is 13.8. The van der Waals surface area contributed by atoms with E-state index in [0.29, 0.717) is 17.0 Å². The maximum atomic E-state index is 13.8. The number of nitrogens with zero attached hydrogens (tertiary/aromatic N) is 1. The van der Waals surface area contributed by atoms with Gasteiger partial charge in [-0.15, -0.1) is 0 Å². The van der Waals surface area contributed by atoms with Crippen molar-refractivity contribution in [3.8, 4) is 16.9 Å². The fourth-order valence-corrected chi connectivity index (χ4v) is 6.58. The summed E-state index contributed by atoms with van der Waals surface area (Å²) in [5, 5.41) is 45.3. The third-order valence-electron chi connectivity index (χ3n) is 8.43. The van der Waals surface area contributed by atoms with Crippen LogP contribution in [0.1, 0.15) is 43.4 Å². The fourth-order valence-electron chi connectivity index (χ4n) is 6.58. The molecule has 2 aromatic carbocycles. The Morgan fingerprint density at radius 3 is 2.33 bits per heavy atom. The van der Waals surface area contributed by atoms with Crippen LogP contribution in [0.15, 0.2) is 47.2 Å². The van der Waals surface area contributed by atoms with Crippen LogP contribution in [0.3, 0.4) is 0 Å². The molecule has 1 amide bonds. The number of benzene rings is 2. The Balaban J connectivity index is 1.69. The van der Waals surface area contributed by atoms with Crippen LogP contribution >= 0.6 is 0 Å². The van der Waals surface area contributed by atoms with Gasteiger partial charge in [-0.2, -0.15) is 0 Å². The summed E-state index contributed by atoms with van der Waals surface area (Å²) in [5.41, 5.74) is 5.53. The smallest absolute Gasteiger partial charge is 0.255 e. The van der Waals surface area contributed by atoms with Crippen molar-refractivity contribution >= 4 is 28.9 Å². The van der Waals surface area contributed by atoms with Gasteiger partial charge in [-0.25, -0.2) is 0 Å². The summed E-state index contributed by atoms with van der Waals surface area (Å²) in [5.74, 6) is -5.87. The SMILES string of the molecule is CC(C)Cc1ccc(-c2cc(N(C)C)c3c(c2O)C(O)=C2C(=O)[C@]4(O)C(O)=C(C(N)=O)C(=O)C[C@@H]4C[C@@H]2C3)cc1. The highest BCUT2D eigenvalue weighted by Gasteiger charge is 2.60. The van der Waals surface area contributed by atoms with E-state index in [4.69, 9.17) is 5.73 Å². The number of amides is 1. The molecule has 9 nitrogen and oxygen atoms in total. The summed E-state index contributed by atoms with van der Waals surface area (Å²) in [6.07, 6.45) is 0.905. The standard InChI is InChI=1S/C31H34N2O7/c1-14(2)9-15-5-7-16(8-6-15)19-13-21(33(3)4)20-11-17-10-18-12-22(34)25(30(32)39)29(38)31(18,40)28(37)23(17)27(36)24(20)26(19)35/h5-8,13-14,17-18,35-36,38,40H,9-12H2,1-4H3,(H2,32,39)/t17-,18+,31+/m1/s1. The first kappa shape index (κ1) is 27.5. The Labute approximate surface area is 232 Å². The van der Waals surface area contributed by atoms with Crippen LogP contribution in [0.2, 0.25) is 0 Å². The van der Waals surface area contributed by atoms with Crippen LogP contribution in [-0.4, -0.2) is 57.6 Å². The average molecular weight is 547 g/mol. The predicted molar refractivity (Wildman–Crippen MR) is 150 cm³/mol. The number of fused-ring (bicyclic) bond motifs is 3. The van der Waals surface area contributed by atoms with Crippen LogP contribution in [0.4, 0.5) is 5.69 Å². The third-order valence-corrected chi connectivity index (χ3v) is 8.43. The van der Waals surface area contributed by atoms with Crippen LogP contribution in [0, 0.1) is 17.8 Å². The molecular weight excluding hydrogens is 512 g/mol. The van der Waals surface area contributed by atoms with Crippen molar-refractivity contribution in [2.45, 2.75) is 45.1 Å². The number of aliphatic hydroxyl groups excluding tert-OH is 2. The van der Waals surface area contributed by atoms with Crippen LogP contribution < -0.4 is 10.6 Å². The number of phenols is 1. The van der Waals surface area contributed by atoms with Crippen molar-refractivity contribution in [2.24, 2.45) is 23.5 Å². The quantitative estimate of drug-likeness (QED) is 0.357. The second kappa shape index (κ2) is 9.52. The van der Waals surface area contributed by atoms with E-state index in [1.54, 1.807) is 0 Å². The first-order chi connectivity index (χ1) is 18.8. The van der Waals surface area contributed by atoms with Crippen molar-refractivity contribution in [2.75, 3.05) is 19.0 Å². The molecule has 0 aromatic heterocycles. The molecule has 3 aliphatic rings. The van der Waals surface area contributed by atoms with Crippen LogP contribution in [-0.2, 0) is 27.2 Å². The van der Waals surface area contributed by atoms with Crippen molar-refractivity contribution in [1.82, 2.24) is 0 Å². The molecule has 1 saturated carbocycles. The molecule has 6 N–H and O–H groups in total. The van der Waals surface area contributed by atoms with Gasteiger partial charge < -0.3 is 31.1 Å². The number of carbonyl (C=O) groups excluding carboxylic acids is 3. The van der Waals surface area contributed by atoms with E-state index in [-0.39, 0.29) is 36.1 Å². The summed E-state index contributed by atoms with van der Waals surface area (Å²) in [6, 6.07) is 9.65. The van der Waals surface area contributed by atoms with Gasteiger partial charge in [0.2, 0.25) is 5.78 Å². The normalized spacial score (nSPS) is 24.1. The van der Waals surface area contributed by atoms with Crippen molar-refractivity contribution in [1.29, 1.82) is 0 Å². The molecule has 0 heterocycles. The number of Topliss-reactive ketones (excluding diaryl/α,β-unsaturated/α-hetero) is 2. The number of nitrogens with two attached hydrogens (primary N) is 1. The van der Waals surface area contributed by atoms with E-state index >= 15 is 0 Å². The molecule has 40 heavy (non-hydrogen) atoms. The topological polar surface area (TPSA) is 161 Å². The summed E-state index contributed by atoms with van der Waals surface area (Å²) < 4.78 is 0. The average Bonchev–Trinajstić information content (AvgIpc) is 2.86. The monoisotopic (exact) mass is 546 g/mol. The van der Waals surface area contributed by atoms with E-state index in [1.807, 2.05) is 49.3 Å². The number of hydrogen-bond donors (Lipinski definition) is 5. The zero-order valence-corrected chi connectivity index (χ0v) is 23.0. The number of aliphatic hydroxyl groups is 3. The molecule has 2 aromatic rings. The molecule has 0 saturated heterocycles. The Bertz CT molecular complexity index is 1520. The number of anilines is 1. The minimum atomic E-state index is -2.58. The van der Waals surface area contributed by atoms with Gasteiger partial charge in [0.1, 0.15) is 22.8 Å². The zero-order chi connectivity index (χ0) is 29.3. The predicted octanol–water partition coefficient (Wildman–Crippen LogP) is 3.36. The molecule has 3 aliphatic carbocycles. The molecule has 210 valence electrons. The molecule has 0 unspecified atom stereocenters. The molecule has 9 heteroatoms. The largest absolute Gasteiger partial charge is 0.508 e. The van der Waals surface area contributed by atoms with E-state index in [1.165, 1.54) is 0 Å². The third kappa shape index (κ3) is 3.99. The van der Waals surface area contributed by atoms with E-state index in [2.05, 4.69) is 13.8 Å². The highest BCUT2D eigenvalue weighted by molar-refractivity contribution is 6.22. The molecule has 0 spiro atoms.